The van der Waals surface area contributed by atoms with E-state index in [0.29, 0.717) is 24.3 Å². The first-order valence-corrected chi connectivity index (χ1v) is 13.2. The lowest BCUT2D eigenvalue weighted by Crippen LogP contribution is -2.34. The predicted molar refractivity (Wildman–Crippen MR) is 146 cm³/mol. The molecule has 1 atom stereocenters. The number of aliphatic hydroxyl groups excluding tert-OH is 1. The zero-order chi connectivity index (χ0) is 27.7. The Morgan fingerprint density at radius 2 is 1.68 bits per heavy atom. The number of Topliss-reactive ketones (excluding diaryl/α,β-unsaturated/α-hetero) is 1. The number of nitro benzene ring substituents is 1. The number of nitro groups is 1. The number of nitrogens with zero attached hydrogens (tertiary/aromatic N) is 3. The molecule has 9 nitrogen and oxygen atoms in total. The van der Waals surface area contributed by atoms with Crippen LogP contribution in [-0.2, 0) is 9.59 Å². The molecule has 1 N–H and O–H groups in total. The third-order valence-corrected chi connectivity index (χ3v) is 6.83. The maximum Gasteiger partial charge on any atom is 0.295 e. The molecule has 0 unspecified atom stereocenters. The molecule has 1 heterocycles. The molecule has 0 bridgehead atoms. The molecule has 0 saturated carbocycles. The third kappa shape index (κ3) is 6.58. The van der Waals surface area contributed by atoms with E-state index in [1.807, 2.05) is 0 Å². The number of carbonyl (C=O) groups excluding carboxylic acids is 2. The van der Waals surface area contributed by atoms with E-state index in [0.717, 1.165) is 45.3 Å². The third-order valence-electron chi connectivity index (χ3n) is 6.83. The summed E-state index contributed by atoms with van der Waals surface area (Å²) in [4.78, 5) is 41.2. The van der Waals surface area contributed by atoms with Crippen LogP contribution in [0.5, 0.6) is 5.75 Å². The first-order valence-electron chi connectivity index (χ1n) is 13.2. The predicted octanol–water partition coefficient (Wildman–Crippen LogP) is 5.32. The van der Waals surface area contributed by atoms with E-state index >= 15 is 0 Å². The second-order valence-corrected chi connectivity index (χ2v) is 9.44. The second kappa shape index (κ2) is 13.7. The van der Waals surface area contributed by atoms with E-state index in [9.17, 15) is 24.8 Å². The fourth-order valence-electron chi connectivity index (χ4n) is 4.81. The summed E-state index contributed by atoms with van der Waals surface area (Å²) in [5.41, 5.74) is 0.336. The lowest BCUT2D eigenvalue weighted by Gasteiger charge is -2.28. The quantitative estimate of drug-likeness (QED) is 0.117. The van der Waals surface area contributed by atoms with Gasteiger partial charge in [-0.2, -0.15) is 0 Å². The van der Waals surface area contributed by atoms with Crippen molar-refractivity contribution in [2.45, 2.75) is 52.0 Å². The molecule has 0 radical (unpaired) electrons. The maximum atomic E-state index is 13.3. The first kappa shape index (κ1) is 28.8. The number of unbranched alkanes of at least 4 members (excludes halogenated alkanes) is 2. The van der Waals surface area contributed by atoms with Crippen LogP contribution in [0.1, 0.15) is 63.1 Å². The molecule has 1 fully saturated rings. The average Bonchev–Trinajstić information content (AvgIpc) is 3.18. The van der Waals surface area contributed by atoms with Gasteiger partial charge in [0.05, 0.1) is 23.6 Å². The van der Waals surface area contributed by atoms with Crippen molar-refractivity contribution in [3.63, 3.8) is 0 Å². The van der Waals surface area contributed by atoms with Gasteiger partial charge >= 0.3 is 0 Å². The van der Waals surface area contributed by atoms with E-state index < -0.39 is 28.4 Å². The van der Waals surface area contributed by atoms with Gasteiger partial charge in [0, 0.05) is 29.8 Å². The fourth-order valence-corrected chi connectivity index (χ4v) is 4.81. The molecule has 0 spiro atoms. The van der Waals surface area contributed by atoms with Gasteiger partial charge in [0.2, 0.25) is 0 Å². The molecular weight excluding hydrogens is 486 g/mol. The average molecular weight is 524 g/mol. The van der Waals surface area contributed by atoms with Crippen LogP contribution in [0.25, 0.3) is 5.76 Å². The Bertz CT molecular complexity index is 1170. The number of aliphatic hydroxyl groups is 1. The summed E-state index contributed by atoms with van der Waals surface area (Å²) in [5, 5.41) is 22.5. The Balaban J connectivity index is 2.00. The Labute approximate surface area is 223 Å². The van der Waals surface area contributed by atoms with Crippen LogP contribution in [0.2, 0.25) is 0 Å². The second-order valence-electron chi connectivity index (χ2n) is 9.44. The monoisotopic (exact) mass is 523 g/mol. The van der Waals surface area contributed by atoms with Crippen LogP contribution in [-0.4, -0.2) is 64.8 Å². The molecule has 1 saturated heterocycles. The lowest BCUT2D eigenvalue weighted by molar-refractivity contribution is -0.384. The lowest BCUT2D eigenvalue weighted by atomic mass is 9.94. The highest BCUT2D eigenvalue weighted by Crippen LogP contribution is 2.42. The summed E-state index contributed by atoms with van der Waals surface area (Å²) in [7, 11) is 1.50. The fraction of sp³-hybridized carbons (Fsp3) is 0.448. The van der Waals surface area contributed by atoms with E-state index in [1.54, 1.807) is 24.3 Å². The molecular formula is C29H37N3O6. The Hall–Kier alpha value is -3.72. The normalized spacial score (nSPS) is 16.8. The van der Waals surface area contributed by atoms with Crippen LogP contribution in [0.3, 0.4) is 0 Å². The van der Waals surface area contributed by atoms with Crippen LogP contribution in [0, 0.1) is 10.1 Å². The number of methoxy groups -OCH3 is 1. The van der Waals surface area contributed by atoms with Crippen molar-refractivity contribution < 1.29 is 24.4 Å². The van der Waals surface area contributed by atoms with Gasteiger partial charge in [-0.05, 0) is 45.0 Å². The Morgan fingerprint density at radius 3 is 2.32 bits per heavy atom. The van der Waals surface area contributed by atoms with Gasteiger partial charge in [0.25, 0.3) is 17.4 Å². The van der Waals surface area contributed by atoms with Crippen molar-refractivity contribution in [3.8, 4) is 5.75 Å². The number of rotatable bonds is 14. The standard InChI is InChI=1S/C29H37N3O6/c1-4-6-16-30(17-7-5-2)18-11-19-31-26(23-14-8-9-15-24(23)38-3)25(28(34)29(31)35)27(33)21-12-10-13-22(20-21)32(36)37/h8-10,12-15,20,26,33H,4-7,11,16-19H2,1-3H3/t26-/m1/s1. The van der Waals surface area contributed by atoms with E-state index in [4.69, 9.17) is 4.74 Å². The van der Waals surface area contributed by atoms with Crippen LogP contribution in [0.15, 0.2) is 54.1 Å². The summed E-state index contributed by atoms with van der Waals surface area (Å²) in [6, 6.07) is 11.6. The molecule has 1 aliphatic heterocycles. The van der Waals surface area contributed by atoms with E-state index in [1.165, 1.54) is 36.3 Å². The van der Waals surface area contributed by atoms with E-state index in [2.05, 4.69) is 18.7 Å². The van der Waals surface area contributed by atoms with Crippen molar-refractivity contribution in [3.05, 3.63) is 75.3 Å². The van der Waals surface area contributed by atoms with Gasteiger partial charge < -0.3 is 19.6 Å². The van der Waals surface area contributed by atoms with Gasteiger partial charge in [-0.15, -0.1) is 0 Å². The molecule has 3 rings (SSSR count). The van der Waals surface area contributed by atoms with Crippen LogP contribution in [0.4, 0.5) is 5.69 Å². The largest absolute Gasteiger partial charge is 0.507 e. The molecule has 9 heteroatoms. The Kier molecular flexibility index (Phi) is 10.4. The number of amides is 1. The Morgan fingerprint density at radius 1 is 1.03 bits per heavy atom. The van der Waals surface area contributed by atoms with Gasteiger partial charge in [-0.3, -0.25) is 19.7 Å². The number of carbonyl (C=O) groups is 2. The van der Waals surface area contributed by atoms with Crippen LogP contribution >= 0.6 is 0 Å². The number of hydrogen-bond acceptors (Lipinski definition) is 7. The van der Waals surface area contributed by atoms with Gasteiger partial charge in [-0.25, -0.2) is 0 Å². The highest BCUT2D eigenvalue weighted by atomic mass is 16.6. The molecule has 2 aromatic rings. The number of ether oxygens (including phenoxy) is 1. The summed E-state index contributed by atoms with van der Waals surface area (Å²) in [6.45, 7) is 7.38. The van der Waals surface area contributed by atoms with Crippen molar-refractivity contribution in [1.82, 2.24) is 9.80 Å². The minimum absolute atomic E-state index is 0.0994. The maximum absolute atomic E-state index is 13.3. The number of benzene rings is 2. The van der Waals surface area contributed by atoms with Gasteiger partial charge in [-0.1, -0.05) is 57.0 Å². The van der Waals surface area contributed by atoms with Gasteiger partial charge in [0.15, 0.2) is 0 Å². The molecule has 1 amide bonds. The topological polar surface area (TPSA) is 113 Å². The first-order chi connectivity index (χ1) is 18.3. The van der Waals surface area contributed by atoms with Gasteiger partial charge in [0.1, 0.15) is 11.5 Å². The summed E-state index contributed by atoms with van der Waals surface area (Å²) < 4.78 is 5.54. The molecule has 204 valence electrons. The zero-order valence-electron chi connectivity index (χ0n) is 22.4. The number of hydrogen-bond donors (Lipinski definition) is 1. The zero-order valence-corrected chi connectivity index (χ0v) is 22.4. The summed E-state index contributed by atoms with van der Waals surface area (Å²) in [5.74, 6) is -1.50. The number of likely N-dealkylation sites (tertiary alicyclic amines) is 1. The molecule has 2 aromatic carbocycles. The smallest absolute Gasteiger partial charge is 0.295 e. The molecule has 38 heavy (non-hydrogen) atoms. The van der Waals surface area contributed by atoms with Crippen molar-refractivity contribution in [2.75, 3.05) is 33.3 Å². The number of para-hydroxylation sites is 1. The molecule has 0 aliphatic carbocycles. The highest BCUT2D eigenvalue weighted by molar-refractivity contribution is 6.46. The van der Waals surface area contributed by atoms with Crippen LogP contribution < -0.4 is 4.74 Å². The minimum atomic E-state index is -0.884. The number of non-ortho nitro benzene ring substituents is 1. The van der Waals surface area contributed by atoms with Crippen molar-refractivity contribution >= 4 is 23.1 Å². The summed E-state index contributed by atoms with van der Waals surface area (Å²) >= 11 is 0. The minimum Gasteiger partial charge on any atom is -0.507 e. The SMILES string of the molecule is CCCCN(CCCC)CCCN1C(=O)C(=O)C(=C(O)c2cccc([N+](=O)[O-])c2)[C@H]1c1ccccc1OC. The number of ketones is 1. The molecule has 0 aromatic heterocycles. The molecule has 1 aliphatic rings. The van der Waals surface area contributed by atoms with Crippen molar-refractivity contribution in [1.29, 1.82) is 0 Å². The highest BCUT2D eigenvalue weighted by Gasteiger charge is 2.46. The summed E-state index contributed by atoms with van der Waals surface area (Å²) in [6.07, 6.45) is 5.05. The van der Waals surface area contributed by atoms with Crippen molar-refractivity contribution in [2.24, 2.45) is 0 Å². The van der Waals surface area contributed by atoms with E-state index in [-0.39, 0.29) is 16.8 Å².